The van der Waals surface area contributed by atoms with Crippen LogP contribution in [0.2, 0.25) is 0 Å². The fraction of sp³-hybridized carbons (Fsp3) is 0.450. The van der Waals surface area contributed by atoms with Crippen LogP contribution in [0, 0.1) is 5.92 Å². The minimum absolute atomic E-state index is 0.0990. The van der Waals surface area contributed by atoms with E-state index in [2.05, 4.69) is 14.6 Å². The Hall–Kier alpha value is -2.16. The summed E-state index contributed by atoms with van der Waals surface area (Å²) in [6.07, 6.45) is 3.71. The van der Waals surface area contributed by atoms with Crippen molar-refractivity contribution in [3.63, 3.8) is 0 Å². The van der Waals surface area contributed by atoms with Crippen LogP contribution < -0.4 is 14.2 Å². The first kappa shape index (κ1) is 20.6. The van der Waals surface area contributed by atoms with Crippen LogP contribution in [-0.2, 0) is 16.6 Å². The standard InChI is InChI=1S/C20H27N3O4S/c1-26-18-6-7-19(27-2)20(13-18)28(24,25)22-14-16-8-11-23(12-9-16)15-17-5-3-4-10-21-17/h3-7,10,13,16,22H,8-9,11-12,14-15H2,1-2H3. The van der Waals surface area contributed by atoms with Gasteiger partial charge in [0, 0.05) is 25.4 Å². The van der Waals surface area contributed by atoms with Crippen molar-refractivity contribution in [3.8, 4) is 11.5 Å². The number of hydrogen-bond donors (Lipinski definition) is 1. The van der Waals surface area contributed by atoms with E-state index < -0.39 is 10.0 Å². The second kappa shape index (κ2) is 9.36. The van der Waals surface area contributed by atoms with Gasteiger partial charge in [-0.25, -0.2) is 13.1 Å². The SMILES string of the molecule is COc1ccc(OC)c(S(=O)(=O)NCC2CCN(Cc3ccccn3)CC2)c1. The second-order valence-electron chi connectivity index (χ2n) is 6.91. The maximum Gasteiger partial charge on any atom is 0.244 e. The number of sulfonamides is 1. The lowest BCUT2D eigenvalue weighted by Gasteiger charge is -2.31. The Bertz CT molecular complexity index is 866. The van der Waals surface area contributed by atoms with Crippen molar-refractivity contribution in [2.45, 2.75) is 24.3 Å². The molecule has 0 unspecified atom stereocenters. The van der Waals surface area contributed by atoms with Gasteiger partial charge in [-0.3, -0.25) is 9.88 Å². The van der Waals surface area contributed by atoms with E-state index in [9.17, 15) is 8.42 Å². The number of nitrogens with one attached hydrogen (secondary N) is 1. The van der Waals surface area contributed by atoms with E-state index in [0.717, 1.165) is 38.2 Å². The van der Waals surface area contributed by atoms with E-state index in [4.69, 9.17) is 9.47 Å². The van der Waals surface area contributed by atoms with E-state index in [1.54, 1.807) is 12.1 Å². The van der Waals surface area contributed by atoms with Crippen LogP contribution in [-0.4, -0.2) is 52.2 Å². The third kappa shape index (κ3) is 5.21. The molecule has 0 aliphatic carbocycles. The van der Waals surface area contributed by atoms with E-state index in [0.29, 0.717) is 24.0 Å². The molecule has 1 N–H and O–H groups in total. The molecule has 2 heterocycles. The van der Waals surface area contributed by atoms with Gasteiger partial charge in [-0.05, 0) is 56.1 Å². The Labute approximate surface area is 166 Å². The molecule has 1 aromatic heterocycles. The molecule has 0 radical (unpaired) electrons. The summed E-state index contributed by atoms with van der Waals surface area (Å²) in [6, 6.07) is 10.7. The highest BCUT2D eigenvalue weighted by atomic mass is 32.2. The van der Waals surface area contributed by atoms with E-state index in [1.807, 2.05) is 24.4 Å². The maximum atomic E-state index is 12.8. The minimum atomic E-state index is -3.68. The Kier molecular flexibility index (Phi) is 6.88. The van der Waals surface area contributed by atoms with Gasteiger partial charge in [0.25, 0.3) is 0 Å². The van der Waals surface area contributed by atoms with Crippen molar-refractivity contribution >= 4 is 10.0 Å². The van der Waals surface area contributed by atoms with Gasteiger partial charge in [-0.2, -0.15) is 0 Å². The number of aromatic nitrogens is 1. The molecule has 1 saturated heterocycles. The summed E-state index contributed by atoms with van der Waals surface area (Å²) in [4.78, 5) is 6.83. The molecule has 7 nitrogen and oxygen atoms in total. The Morgan fingerprint density at radius 1 is 1.14 bits per heavy atom. The number of methoxy groups -OCH3 is 2. The van der Waals surface area contributed by atoms with Crippen molar-refractivity contribution in [2.75, 3.05) is 33.9 Å². The third-order valence-corrected chi connectivity index (χ3v) is 6.49. The average Bonchev–Trinajstić information content (AvgIpc) is 2.73. The predicted molar refractivity (Wildman–Crippen MR) is 107 cm³/mol. The highest BCUT2D eigenvalue weighted by Gasteiger charge is 2.24. The Morgan fingerprint density at radius 2 is 1.93 bits per heavy atom. The maximum absolute atomic E-state index is 12.8. The monoisotopic (exact) mass is 405 g/mol. The topological polar surface area (TPSA) is 80.8 Å². The lowest BCUT2D eigenvalue weighted by atomic mass is 9.97. The Balaban J connectivity index is 1.55. The number of benzene rings is 1. The molecule has 0 atom stereocenters. The fourth-order valence-electron chi connectivity index (χ4n) is 3.37. The van der Waals surface area contributed by atoms with Crippen molar-refractivity contribution in [1.82, 2.24) is 14.6 Å². The Morgan fingerprint density at radius 3 is 2.57 bits per heavy atom. The van der Waals surface area contributed by atoms with Crippen LogP contribution in [0.3, 0.4) is 0 Å². The minimum Gasteiger partial charge on any atom is -0.497 e. The number of nitrogens with zero attached hydrogens (tertiary/aromatic N) is 2. The largest absolute Gasteiger partial charge is 0.497 e. The summed E-state index contributed by atoms with van der Waals surface area (Å²) >= 11 is 0. The smallest absolute Gasteiger partial charge is 0.244 e. The number of ether oxygens (including phenoxy) is 2. The molecule has 1 aromatic carbocycles. The van der Waals surface area contributed by atoms with Gasteiger partial charge < -0.3 is 9.47 Å². The molecular formula is C20H27N3O4S. The first-order valence-electron chi connectivity index (χ1n) is 9.36. The molecule has 0 amide bonds. The quantitative estimate of drug-likeness (QED) is 0.726. The van der Waals surface area contributed by atoms with Crippen molar-refractivity contribution in [3.05, 3.63) is 48.3 Å². The van der Waals surface area contributed by atoms with Gasteiger partial charge in [0.2, 0.25) is 10.0 Å². The zero-order valence-electron chi connectivity index (χ0n) is 16.3. The first-order valence-corrected chi connectivity index (χ1v) is 10.8. The van der Waals surface area contributed by atoms with Gasteiger partial charge in [0.1, 0.15) is 16.4 Å². The zero-order valence-corrected chi connectivity index (χ0v) is 17.1. The number of rotatable bonds is 8. The van der Waals surface area contributed by atoms with Crippen molar-refractivity contribution in [1.29, 1.82) is 0 Å². The predicted octanol–water partition coefficient (Wildman–Crippen LogP) is 2.29. The van der Waals surface area contributed by atoms with Gasteiger partial charge in [-0.15, -0.1) is 0 Å². The van der Waals surface area contributed by atoms with E-state index in [-0.39, 0.29) is 4.90 Å². The van der Waals surface area contributed by atoms with Gasteiger partial charge in [0.15, 0.2) is 0 Å². The molecule has 0 saturated carbocycles. The summed E-state index contributed by atoms with van der Waals surface area (Å²) in [5, 5.41) is 0. The van der Waals surface area contributed by atoms with Crippen LogP contribution in [0.15, 0.2) is 47.5 Å². The molecular weight excluding hydrogens is 378 g/mol. The lowest BCUT2D eigenvalue weighted by molar-refractivity contribution is 0.177. The van der Waals surface area contributed by atoms with Crippen molar-refractivity contribution < 1.29 is 17.9 Å². The van der Waals surface area contributed by atoms with Gasteiger partial charge >= 0.3 is 0 Å². The van der Waals surface area contributed by atoms with E-state index >= 15 is 0 Å². The van der Waals surface area contributed by atoms with Gasteiger partial charge in [0.05, 0.1) is 19.9 Å². The summed E-state index contributed by atoms with van der Waals surface area (Å²) in [6.45, 7) is 3.12. The molecule has 1 aliphatic rings. The number of pyridine rings is 1. The summed E-state index contributed by atoms with van der Waals surface area (Å²) in [5.74, 6) is 1.09. The first-order chi connectivity index (χ1) is 13.5. The summed E-state index contributed by atoms with van der Waals surface area (Å²) < 4.78 is 38.6. The number of piperidine rings is 1. The van der Waals surface area contributed by atoms with Crippen LogP contribution in [0.1, 0.15) is 18.5 Å². The second-order valence-corrected chi connectivity index (χ2v) is 8.64. The number of hydrogen-bond acceptors (Lipinski definition) is 6. The summed E-state index contributed by atoms with van der Waals surface area (Å²) in [7, 11) is -0.715. The molecule has 1 fully saturated rings. The lowest BCUT2D eigenvalue weighted by Crippen LogP contribution is -2.38. The third-order valence-electron chi connectivity index (χ3n) is 5.04. The van der Waals surface area contributed by atoms with Crippen LogP contribution in [0.25, 0.3) is 0 Å². The fourth-order valence-corrected chi connectivity index (χ4v) is 4.67. The molecule has 152 valence electrons. The highest BCUT2D eigenvalue weighted by Crippen LogP contribution is 2.28. The molecule has 1 aliphatic heterocycles. The number of likely N-dealkylation sites (tertiary alicyclic amines) is 1. The highest BCUT2D eigenvalue weighted by molar-refractivity contribution is 7.89. The molecule has 8 heteroatoms. The van der Waals surface area contributed by atoms with Crippen LogP contribution in [0.4, 0.5) is 0 Å². The van der Waals surface area contributed by atoms with Gasteiger partial charge in [-0.1, -0.05) is 6.07 Å². The van der Waals surface area contributed by atoms with Crippen LogP contribution in [0.5, 0.6) is 11.5 Å². The van der Waals surface area contributed by atoms with E-state index in [1.165, 1.54) is 20.3 Å². The molecule has 28 heavy (non-hydrogen) atoms. The van der Waals surface area contributed by atoms with Crippen LogP contribution >= 0.6 is 0 Å². The molecule has 3 rings (SSSR count). The average molecular weight is 406 g/mol. The molecule has 2 aromatic rings. The molecule has 0 bridgehead atoms. The normalized spacial score (nSPS) is 16.1. The van der Waals surface area contributed by atoms with Crippen molar-refractivity contribution in [2.24, 2.45) is 5.92 Å². The molecule has 0 spiro atoms. The zero-order chi connectivity index (χ0) is 20.0. The summed E-state index contributed by atoms with van der Waals surface area (Å²) in [5.41, 5.74) is 1.06.